The Kier molecular flexibility index (Phi) is 6.89. The predicted molar refractivity (Wildman–Crippen MR) is 100 cm³/mol. The van der Waals surface area contributed by atoms with Gasteiger partial charge in [-0.2, -0.15) is 0 Å². The van der Waals surface area contributed by atoms with Gasteiger partial charge in [-0.1, -0.05) is 0 Å². The van der Waals surface area contributed by atoms with Crippen LogP contribution in [-0.4, -0.2) is 82.9 Å². The molecule has 150 valence electrons. The van der Waals surface area contributed by atoms with Crippen molar-refractivity contribution in [1.29, 1.82) is 0 Å². The molecule has 0 radical (unpaired) electrons. The Morgan fingerprint density at radius 3 is 2.15 bits per heavy atom. The summed E-state index contributed by atoms with van der Waals surface area (Å²) in [6.45, 7) is 3.67. The van der Waals surface area contributed by atoms with Crippen molar-refractivity contribution in [1.82, 2.24) is 9.80 Å². The smallest absolute Gasteiger partial charge is 0.409 e. The van der Waals surface area contributed by atoms with Crippen LogP contribution in [0.5, 0.6) is 5.75 Å². The van der Waals surface area contributed by atoms with Gasteiger partial charge in [0.2, 0.25) is 10.0 Å². The fourth-order valence-corrected chi connectivity index (χ4v) is 3.04. The van der Waals surface area contributed by atoms with Gasteiger partial charge in [0.1, 0.15) is 5.75 Å². The van der Waals surface area contributed by atoms with Crippen molar-refractivity contribution in [3.05, 3.63) is 24.3 Å². The highest BCUT2D eigenvalue weighted by molar-refractivity contribution is 7.92. The summed E-state index contributed by atoms with van der Waals surface area (Å²) in [6, 6.07) is 6.45. The first kappa shape index (κ1) is 20.8. The number of amides is 2. The minimum Gasteiger partial charge on any atom is -0.484 e. The molecule has 1 heterocycles. The highest BCUT2D eigenvalue weighted by Crippen LogP contribution is 2.20. The number of ether oxygens (including phenoxy) is 2. The van der Waals surface area contributed by atoms with Gasteiger partial charge in [0, 0.05) is 33.2 Å². The lowest BCUT2D eigenvalue weighted by Gasteiger charge is -2.33. The van der Waals surface area contributed by atoms with Gasteiger partial charge in [-0.15, -0.1) is 0 Å². The number of carbonyl (C=O) groups is 2. The Labute approximate surface area is 159 Å². The maximum absolute atomic E-state index is 12.3. The van der Waals surface area contributed by atoms with E-state index in [-0.39, 0.29) is 18.6 Å². The molecule has 0 atom stereocenters. The third kappa shape index (κ3) is 5.75. The Bertz CT molecular complexity index is 757. The van der Waals surface area contributed by atoms with Crippen LogP contribution in [0, 0.1) is 0 Å². The summed E-state index contributed by atoms with van der Waals surface area (Å²) in [6.07, 6.45) is 0.762. The number of hydrogen-bond acceptors (Lipinski definition) is 6. The summed E-state index contributed by atoms with van der Waals surface area (Å²) in [4.78, 5) is 27.1. The lowest BCUT2D eigenvalue weighted by atomic mass is 10.3. The van der Waals surface area contributed by atoms with E-state index in [4.69, 9.17) is 9.47 Å². The van der Waals surface area contributed by atoms with Gasteiger partial charge in [0.05, 0.1) is 18.6 Å². The second-order valence-electron chi connectivity index (χ2n) is 6.08. The molecule has 0 spiro atoms. The molecule has 0 aliphatic carbocycles. The highest BCUT2D eigenvalue weighted by Gasteiger charge is 2.25. The van der Waals surface area contributed by atoms with E-state index in [9.17, 15) is 18.0 Å². The molecular weight excluding hydrogens is 374 g/mol. The van der Waals surface area contributed by atoms with E-state index >= 15 is 0 Å². The fraction of sp³-hybridized carbons (Fsp3) is 0.529. The Hall–Kier alpha value is -2.49. The first-order valence-electron chi connectivity index (χ1n) is 8.58. The van der Waals surface area contributed by atoms with Crippen molar-refractivity contribution in [3.8, 4) is 5.75 Å². The number of rotatable bonds is 6. The van der Waals surface area contributed by atoms with Crippen LogP contribution >= 0.6 is 0 Å². The van der Waals surface area contributed by atoms with Crippen LogP contribution in [0.25, 0.3) is 0 Å². The van der Waals surface area contributed by atoms with Crippen molar-refractivity contribution < 1.29 is 27.5 Å². The van der Waals surface area contributed by atoms with Gasteiger partial charge in [0.15, 0.2) is 6.61 Å². The van der Waals surface area contributed by atoms with Gasteiger partial charge in [-0.25, -0.2) is 13.2 Å². The van der Waals surface area contributed by atoms with Gasteiger partial charge < -0.3 is 19.3 Å². The molecule has 0 bridgehead atoms. The molecule has 1 aromatic rings. The van der Waals surface area contributed by atoms with Crippen molar-refractivity contribution in [2.24, 2.45) is 0 Å². The zero-order valence-corrected chi connectivity index (χ0v) is 16.6. The van der Waals surface area contributed by atoms with Gasteiger partial charge in [-0.3, -0.25) is 9.10 Å². The molecule has 27 heavy (non-hydrogen) atoms. The molecule has 1 aromatic carbocycles. The molecule has 1 saturated heterocycles. The largest absolute Gasteiger partial charge is 0.484 e. The van der Waals surface area contributed by atoms with Crippen molar-refractivity contribution in [3.63, 3.8) is 0 Å². The summed E-state index contributed by atoms with van der Waals surface area (Å²) >= 11 is 0. The van der Waals surface area contributed by atoms with E-state index in [1.807, 2.05) is 0 Å². The van der Waals surface area contributed by atoms with E-state index in [0.717, 1.165) is 10.6 Å². The molecule has 2 amide bonds. The molecule has 2 rings (SSSR count). The zero-order chi connectivity index (χ0) is 20.0. The summed E-state index contributed by atoms with van der Waals surface area (Å²) in [5, 5.41) is 0. The topological polar surface area (TPSA) is 96.5 Å². The molecule has 9 nitrogen and oxygen atoms in total. The van der Waals surface area contributed by atoms with Crippen LogP contribution < -0.4 is 9.04 Å². The van der Waals surface area contributed by atoms with Crippen LogP contribution in [0.4, 0.5) is 10.5 Å². The average molecular weight is 399 g/mol. The predicted octanol–water partition coefficient (Wildman–Crippen LogP) is 0.762. The minimum atomic E-state index is -3.33. The van der Waals surface area contributed by atoms with Crippen LogP contribution in [0.15, 0.2) is 24.3 Å². The Balaban J connectivity index is 1.82. The Morgan fingerprint density at radius 1 is 1.07 bits per heavy atom. The summed E-state index contributed by atoms with van der Waals surface area (Å²) in [7, 11) is -1.87. The van der Waals surface area contributed by atoms with Crippen molar-refractivity contribution >= 4 is 27.7 Å². The van der Waals surface area contributed by atoms with E-state index in [2.05, 4.69) is 0 Å². The number of nitrogens with zero attached hydrogens (tertiary/aromatic N) is 3. The van der Waals surface area contributed by atoms with Gasteiger partial charge in [0.25, 0.3) is 5.91 Å². The minimum absolute atomic E-state index is 0.124. The van der Waals surface area contributed by atoms with E-state index in [1.54, 1.807) is 41.0 Å². The fourth-order valence-electron chi connectivity index (χ4n) is 2.53. The zero-order valence-electron chi connectivity index (χ0n) is 15.8. The molecule has 1 fully saturated rings. The quantitative estimate of drug-likeness (QED) is 0.701. The number of anilines is 1. The number of benzene rings is 1. The SMILES string of the molecule is CCOC(=O)N1CCN(C(=O)COc2ccc(N(C)S(C)(=O)=O)cc2)CC1. The van der Waals surface area contributed by atoms with Crippen LogP contribution in [0.1, 0.15) is 6.92 Å². The molecule has 0 aromatic heterocycles. The Morgan fingerprint density at radius 2 is 1.63 bits per heavy atom. The molecule has 1 aliphatic rings. The maximum atomic E-state index is 12.3. The number of hydrogen-bond donors (Lipinski definition) is 0. The number of sulfonamides is 1. The normalized spacial score (nSPS) is 14.6. The molecule has 0 N–H and O–H groups in total. The number of carbonyl (C=O) groups excluding carboxylic acids is 2. The van der Waals surface area contributed by atoms with Crippen LogP contribution in [0.2, 0.25) is 0 Å². The summed E-state index contributed by atoms with van der Waals surface area (Å²) in [5.74, 6) is 0.301. The van der Waals surface area contributed by atoms with E-state index in [1.165, 1.54) is 7.05 Å². The van der Waals surface area contributed by atoms with Crippen LogP contribution in [0.3, 0.4) is 0 Å². The lowest BCUT2D eigenvalue weighted by molar-refractivity contribution is -0.134. The van der Waals surface area contributed by atoms with E-state index in [0.29, 0.717) is 44.2 Å². The molecular formula is C17H25N3O6S. The van der Waals surface area contributed by atoms with Crippen molar-refractivity contribution in [2.75, 3.05) is 57.0 Å². The highest BCUT2D eigenvalue weighted by atomic mass is 32.2. The second kappa shape index (κ2) is 8.94. The summed E-state index contributed by atoms with van der Waals surface area (Å²) in [5.41, 5.74) is 0.506. The molecule has 10 heteroatoms. The lowest BCUT2D eigenvalue weighted by Crippen LogP contribution is -2.51. The van der Waals surface area contributed by atoms with Gasteiger partial charge in [-0.05, 0) is 31.2 Å². The van der Waals surface area contributed by atoms with E-state index < -0.39 is 10.0 Å². The third-order valence-corrected chi connectivity index (χ3v) is 5.42. The second-order valence-corrected chi connectivity index (χ2v) is 8.09. The first-order chi connectivity index (χ1) is 12.7. The monoisotopic (exact) mass is 399 g/mol. The molecule has 1 aliphatic heterocycles. The van der Waals surface area contributed by atoms with Crippen molar-refractivity contribution in [2.45, 2.75) is 6.92 Å². The standard InChI is InChI=1S/C17H25N3O6S/c1-4-25-17(22)20-11-9-19(10-12-20)16(21)13-26-15-7-5-14(6-8-15)18(2)27(3,23)24/h5-8H,4,9-13H2,1-3H3. The van der Waals surface area contributed by atoms with Gasteiger partial charge >= 0.3 is 6.09 Å². The molecule has 0 unspecified atom stereocenters. The summed E-state index contributed by atoms with van der Waals surface area (Å²) < 4.78 is 34.6. The average Bonchev–Trinajstić information content (AvgIpc) is 2.65. The number of piperazine rings is 1. The third-order valence-electron chi connectivity index (χ3n) is 4.22. The maximum Gasteiger partial charge on any atom is 0.409 e. The first-order valence-corrected chi connectivity index (χ1v) is 10.4. The van der Waals surface area contributed by atoms with Crippen LogP contribution in [-0.2, 0) is 19.6 Å². The molecule has 0 saturated carbocycles.